The average molecular weight is 453 g/mol. The van der Waals surface area contributed by atoms with Gasteiger partial charge in [-0.2, -0.15) is 0 Å². The Morgan fingerprint density at radius 1 is 0.871 bits per heavy atom. The number of carbonyl (C=O) groups is 1. The van der Waals surface area contributed by atoms with Crippen LogP contribution < -0.4 is 5.73 Å². The third-order valence-electron chi connectivity index (χ3n) is 5.28. The highest BCUT2D eigenvalue weighted by Crippen LogP contribution is 2.34. The number of rotatable bonds is 4. The average Bonchev–Trinajstić information content (AvgIpc) is 2.82. The van der Waals surface area contributed by atoms with E-state index in [9.17, 15) is 4.79 Å². The molecule has 4 rings (SSSR count). The Morgan fingerprint density at radius 3 is 2.06 bits per heavy atom. The molecular weight excluding hydrogens is 431 g/mol. The molecule has 1 heterocycles. The van der Waals surface area contributed by atoms with Gasteiger partial charge in [0.2, 0.25) is 5.91 Å². The highest BCUT2D eigenvalue weighted by atomic mass is 35.5. The third-order valence-corrected chi connectivity index (χ3v) is 5.91. The summed E-state index contributed by atoms with van der Waals surface area (Å²) in [4.78, 5) is 14.8. The fraction of sp³-hybridized carbons (Fsp3) is 0.160. The lowest BCUT2D eigenvalue weighted by molar-refractivity contribution is -0.129. The molecule has 0 unspecified atom stereocenters. The van der Waals surface area contributed by atoms with Crippen LogP contribution in [0.15, 0.2) is 72.8 Å². The van der Waals surface area contributed by atoms with Crippen molar-refractivity contribution in [3.05, 3.63) is 94.0 Å². The summed E-state index contributed by atoms with van der Waals surface area (Å²) in [6.45, 7) is 2.22. The van der Waals surface area contributed by atoms with Gasteiger partial charge in [0.25, 0.3) is 0 Å². The lowest BCUT2D eigenvalue weighted by Gasteiger charge is -2.26. The van der Waals surface area contributed by atoms with Crippen molar-refractivity contribution in [3.63, 3.8) is 0 Å². The highest BCUT2D eigenvalue weighted by Gasteiger charge is 2.18. The van der Waals surface area contributed by atoms with E-state index in [1.807, 2.05) is 42.5 Å². The van der Waals surface area contributed by atoms with Crippen LogP contribution >= 0.6 is 23.2 Å². The molecule has 0 aromatic heterocycles. The van der Waals surface area contributed by atoms with Gasteiger partial charge in [0.05, 0.1) is 28.9 Å². The second-order valence-corrected chi connectivity index (χ2v) is 8.11. The van der Waals surface area contributed by atoms with E-state index in [1.54, 1.807) is 23.1 Å². The van der Waals surface area contributed by atoms with Gasteiger partial charge in [-0.15, -0.1) is 0 Å². The lowest BCUT2D eigenvalue weighted by atomic mass is 9.95. The van der Waals surface area contributed by atoms with Crippen LogP contribution in [-0.2, 0) is 9.53 Å². The maximum atomic E-state index is 13.0. The molecule has 0 atom stereocenters. The van der Waals surface area contributed by atoms with Gasteiger partial charge >= 0.3 is 0 Å². The maximum absolute atomic E-state index is 13.0. The zero-order valence-corrected chi connectivity index (χ0v) is 18.4. The monoisotopic (exact) mass is 452 g/mol. The maximum Gasteiger partial charge on any atom is 0.247 e. The number of benzene rings is 3. The largest absolute Gasteiger partial charge is 0.396 e. The van der Waals surface area contributed by atoms with E-state index in [0.717, 1.165) is 27.8 Å². The van der Waals surface area contributed by atoms with Crippen LogP contribution in [0.5, 0.6) is 0 Å². The highest BCUT2D eigenvalue weighted by molar-refractivity contribution is 6.39. The fourth-order valence-electron chi connectivity index (χ4n) is 3.54. The summed E-state index contributed by atoms with van der Waals surface area (Å²) in [5, 5.41) is 0.709. The quantitative estimate of drug-likeness (QED) is 0.417. The molecule has 1 amide bonds. The number of morpholine rings is 1. The molecule has 0 bridgehead atoms. The predicted molar refractivity (Wildman–Crippen MR) is 127 cm³/mol. The Bertz CT molecular complexity index is 1080. The standard InChI is InChI=1S/C25H22Cl2N2O2/c26-22-14-20(15-23(27)25(22)28)21(16-24(30)29-10-12-31-13-11-29)19-8-6-18(7-9-19)17-4-2-1-3-5-17/h1-9,14-16H,10-13,28H2. The minimum atomic E-state index is -0.0745. The van der Waals surface area contributed by atoms with Crippen molar-refractivity contribution in [3.8, 4) is 11.1 Å². The van der Waals surface area contributed by atoms with Crippen LogP contribution in [0.1, 0.15) is 11.1 Å². The van der Waals surface area contributed by atoms with Crippen LogP contribution in [-0.4, -0.2) is 37.1 Å². The second-order valence-electron chi connectivity index (χ2n) is 7.29. The number of nitrogen functional groups attached to an aromatic ring is 1. The zero-order valence-electron chi connectivity index (χ0n) is 16.9. The smallest absolute Gasteiger partial charge is 0.247 e. The van der Waals surface area contributed by atoms with Crippen LogP contribution in [0, 0.1) is 0 Å². The van der Waals surface area contributed by atoms with Gasteiger partial charge in [0.15, 0.2) is 0 Å². The van der Waals surface area contributed by atoms with E-state index < -0.39 is 0 Å². The van der Waals surface area contributed by atoms with Crippen LogP contribution in [0.3, 0.4) is 0 Å². The second kappa shape index (κ2) is 9.56. The fourth-order valence-corrected chi connectivity index (χ4v) is 4.03. The molecule has 3 aromatic carbocycles. The number of anilines is 1. The van der Waals surface area contributed by atoms with Crippen molar-refractivity contribution < 1.29 is 9.53 Å². The molecule has 0 radical (unpaired) electrons. The number of ether oxygens (including phenoxy) is 1. The Morgan fingerprint density at radius 2 is 1.45 bits per heavy atom. The molecule has 4 nitrogen and oxygen atoms in total. The Balaban J connectivity index is 1.75. The van der Waals surface area contributed by atoms with E-state index in [4.69, 9.17) is 33.7 Å². The summed E-state index contributed by atoms with van der Waals surface area (Å²) in [7, 11) is 0. The molecule has 1 aliphatic heterocycles. The number of hydrogen-bond acceptors (Lipinski definition) is 3. The minimum Gasteiger partial charge on any atom is -0.396 e. The van der Waals surface area contributed by atoms with Crippen molar-refractivity contribution in [2.24, 2.45) is 0 Å². The summed E-state index contributed by atoms with van der Waals surface area (Å²) in [5.74, 6) is -0.0745. The number of carbonyl (C=O) groups excluding carboxylic acids is 1. The molecule has 158 valence electrons. The molecule has 1 saturated heterocycles. The minimum absolute atomic E-state index is 0.0745. The van der Waals surface area contributed by atoms with Gasteiger partial charge in [-0.3, -0.25) is 4.79 Å². The molecule has 1 fully saturated rings. The molecule has 0 aliphatic carbocycles. The number of hydrogen-bond donors (Lipinski definition) is 1. The van der Waals surface area contributed by atoms with Gasteiger partial charge in [-0.1, -0.05) is 77.8 Å². The summed E-state index contributed by atoms with van der Waals surface area (Å²) in [6, 6.07) is 21.7. The first kappa shape index (κ1) is 21.4. The van der Waals surface area contributed by atoms with Crippen molar-refractivity contribution >= 4 is 40.4 Å². The summed E-state index contributed by atoms with van der Waals surface area (Å²) >= 11 is 12.6. The number of halogens is 2. The van der Waals surface area contributed by atoms with E-state index >= 15 is 0 Å². The molecule has 31 heavy (non-hydrogen) atoms. The van der Waals surface area contributed by atoms with Crippen molar-refractivity contribution in [2.75, 3.05) is 32.0 Å². The Labute approximate surface area is 191 Å². The Kier molecular flexibility index (Phi) is 6.62. The van der Waals surface area contributed by atoms with Gasteiger partial charge in [0.1, 0.15) is 0 Å². The number of nitrogens with two attached hydrogens (primary N) is 1. The topological polar surface area (TPSA) is 55.6 Å². The summed E-state index contributed by atoms with van der Waals surface area (Å²) in [6.07, 6.45) is 1.64. The first-order valence-corrected chi connectivity index (χ1v) is 10.8. The summed E-state index contributed by atoms with van der Waals surface area (Å²) < 4.78 is 5.36. The van der Waals surface area contributed by atoms with Gasteiger partial charge in [-0.25, -0.2) is 0 Å². The predicted octanol–water partition coefficient (Wildman–Crippen LogP) is 5.53. The molecule has 6 heteroatoms. The van der Waals surface area contributed by atoms with Gasteiger partial charge < -0.3 is 15.4 Å². The molecular formula is C25H22Cl2N2O2. The van der Waals surface area contributed by atoms with Crippen LogP contribution in [0.25, 0.3) is 16.7 Å². The van der Waals surface area contributed by atoms with Crippen molar-refractivity contribution in [1.29, 1.82) is 0 Å². The van der Waals surface area contributed by atoms with Gasteiger partial charge in [0, 0.05) is 19.2 Å². The molecule has 2 N–H and O–H groups in total. The van der Waals surface area contributed by atoms with Crippen LogP contribution in [0.2, 0.25) is 10.0 Å². The number of amides is 1. The van der Waals surface area contributed by atoms with E-state index in [0.29, 0.717) is 42.0 Å². The molecule has 3 aromatic rings. The van der Waals surface area contributed by atoms with E-state index in [2.05, 4.69) is 12.1 Å². The van der Waals surface area contributed by atoms with E-state index in [1.165, 1.54) is 0 Å². The SMILES string of the molecule is Nc1c(Cl)cc(C(=CC(=O)N2CCOCC2)c2ccc(-c3ccccc3)cc2)cc1Cl. The van der Waals surface area contributed by atoms with Gasteiger partial charge in [-0.05, 0) is 40.0 Å². The van der Waals surface area contributed by atoms with Crippen molar-refractivity contribution in [2.45, 2.75) is 0 Å². The summed E-state index contributed by atoms with van der Waals surface area (Å²) in [5.41, 5.74) is 10.8. The van der Waals surface area contributed by atoms with Crippen LogP contribution in [0.4, 0.5) is 5.69 Å². The molecule has 0 spiro atoms. The zero-order chi connectivity index (χ0) is 21.8. The number of nitrogens with zero attached hydrogens (tertiary/aromatic N) is 1. The third kappa shape index (κ3) is 4.93. The first-order valence-electron chi connectivity index (χ1n) is 10.0. The van der Waals surface area contributed by atoms with E-state index in [-0.39, 0.29) is 5.91 Å². The first-order chi connectivity index (χ1) is 15.0. The molecule has 0 saturated carbocycles. The van der Waals surface area contributed by atoms with Crippen molar-refractivity contribution in [1.82, 2.24) is 4.90 Å². The Hall–Kier alpha value is -2.79. The lowest BCUT2D eigenvalue weighted by Crippen LogP contribution is -2.39. The normalized spacial score (nSPS) is 14.5. The molecule has 1 aliphatic rings.